The number of hydrogen-bond acceptors (Lipinski definition) is 2. The fourth-order valence-corrected chi connectivity index (χ4v) is 1.46. The Balaban J connectivity index is 2.64. The monoisotopic (exact) mass is 220 g/mol. The van der Waals surface area contributed by atoms with Crippen molar-refractivity contribution in [1.82, 2.24) is 9.78 Å². The van der Waals surface area contributed by atoms with Crippen LogP contribution in [0.4, 0.5) is 4.39 Å². The number of benzene rings is 1. The topological polar surface area (TPSA) is 55.1 Å². The summed E-state index contributed by atoms with van der Waals surface area (Å²) in [7, 11) is 0. The van der Waals surface area contributed by atoms with Gasteiger partial charge in [0.2, 0.25) is 0 Å². The number of aryl methyl sites for hydroxylation is 1. The molecule has 1 aromatic heterocycles. The molecule has 2 rings (SSSR count). The SMILES string of the molecule is Cc1cc(C(=O)O)n(-c2ccccc2F)n1. The van der Waals surface area contributed by atoms with E-state index in [2.05, 4.69) is 5.10 Å². The van der Waals surface area contributed by atoms with Crippen molar-refractivity contribution >= 4 is 5.97 Å². The van der Waals surface area contributed by atoms with Crippen molar-refractivity contribution in [2.75, 3.05) is 0 Å². The van der Waals surface area contributed by atoms with Gasteiger partial charge >= 0.3 is 5.97 Å². The summed E-state index contributed by atoms with van der Waals surface area (Å²) in [6.45, 7) is 1.66. The summed E-state index contributed by atoms with van der Waals surface area (Å²) in [4.78, 5) is 10.9. The number of aromatic nitrogens is 2. The number of hydrogen-bond donors (Lipinski definition) is 1. The molecule has 0 spiro atoms. The lowest BCUT2D eigenvalue weighted by Crippen LogP contribution is -2.09. The molecule has 1 heterocycles. The minimum atomic E-state index is -1.14. The van der Waals surface area contributed by atoms with Gasteiger partial charge in [-0.2, -0.15) is 5.10 Å². The molecule has 2 aromatic rings. The summed E-state index contributed by atoms with van der Waals surface area (Å²) in [5.41, 5.74) is 0.608. The highest BCUT2D eigenvalue weighted by atomic mass is 19.1. The summed E-state index contributed by atoms with van der Waals surface area (Å²) in [5.74, 6) is -1.64. The fourth-order valence-electron chi connectivity index (χ4n) is 1.46. The third kappa shape index (κ3) is 1.67. The molecule has 0 saturated carbocycles. The zero-order chi connectivity index (χ0) is 11.7. The predicted molar refractivity (Wildman–Crippen MR) is 55.2 cm³/mol. The van der Waals surface area contributed by atoms with Crippen LogP contribution in [0, 0.1) is 12.7 Å². The van der Waals surface area contributed by atoms with Gasteiger partial charge in [-0.05, 0) is 25.1 Å². The van der Waals surface area contributed by atoms with Crippen molar-refractivity contribution in [2.24, 2.45) is 0 Å². The highest BCUT2D eigenvalue weighted by Crippen LogP contribution is 2.15. The van der Waals surface area contributed by atoms with Crippen LogP contribution in [-0.2, 0) is 0 Å². The van der Waals surface area contributed by atoms with Crippen molar-refractivity contribution < 1.29 is 14.3 Å². The normalized spacial score (nSPS) is 10.4. The lowest BCUT2D eigenvalue weighted by molar-refractivity contribution is 0.0687. The minimum Gasteiger partial charge on any atom is -0.477 e. The number of nitrogens with zero attached hydrogens (tertiary/aromatic N) is 2. The van der Waals surface area contributed by atoms with E-state index in [-0.39, 0.29) is 11.4 Å². The van der Waals surface area contributed by atoms with Crippen LogP contribution in [0.2, 0.25) is 0 Å². The number of para-hydroxylation sites is 1. The van der Waals surface area contributed by atoms with Crippen LogP contribution in [0.3, 0.4) is 0 Å². The Bertz CT molecular complexity index is 549. The highest BCUT2D eigenvalue weighted by Gasteiger charge is 2.15. The average molecular weight is 220 g/mol. The molecule has 4 nitrogen and oxygen atoms in total. The molecular formula is C11H9FN2O2. The molecule has 5 heteroatoms. The number of aromatic carboxylic acids is 1. The summed E-state index contributed by atoms with van der Waals surface area (Å²) >= 11 is 0. The van der Waals surface area contributed by atoms with E-state index in [4.69, 9.17) is 5.11 Å². The molecular weight excluding hydrogens is 211 g/mol. The van der Waals surface area contributed by atoms with Gasteiger partial charge in [-0.25, -0.2) is 13.9 Å². The first-order chi connectivity index (χ1) is 7.59. The first kappa shape index (κ1) is 10.4. The first-order valence-corrected chi connectivity index (χ1v) is 4.64. The number of halogens is 1. The van der Waals surface area contributed by atoms with E-state index in [1.165, 1.54) is 24.3 Å². The van der Waals surface area contributed by atoms with Gasteiger partial charge in [-0.1, -0.05) is 12.1 Å². The molecule has 0 aliphatic heterocycles. The minimum absolute atomic E-state index is 0.0531. The third-order valence-corrected chi connectivity index (χ3v) is 2.13. The standard InChI is InChI=1S/C11H9FN2O2/c1-7-6-10(11(15)16)14(13-7)9-5-3-2-4-8(9)12/h2-6H,1H3,(H,15,16). The zero-order valence-electron chi connectivity index (χ0n) is 8.51. The smallest absolute Gasteiger partial charge is 0.354 e. The average Bonchev–Trinajstić information content (AvgIpc) is 2.61. The van der Waals surface area contributed by atoms with Gasteiger partial charge < -0.3 is 5.11 Å². The van der Waals surface area contributed by atoms with E-state index in [1.807, 2.05) is 0 Å². The molecule has 0 atom stereocenters. The molecule has 0 aliphatic carbocycles. The number of rotatable bonds is 2. The molecule has 16 heavy (non-hydrogen) atoms. The lowest BCUT2D eigenvalue weighted by Gasteiger charge is -2.04. The van der Waals surface area contributed by atoms with E-state index < -0.39 is 11.8 Å². The van der Waals surface area contributed by atoms with E-state index in [9.17, 15) is 9.18 Å². The van der Waals surface area contributed by atoms with Gasteiger partial charge in [0.05, 0.1) is 5.69 Å². The van der Waals surface area contributed by atoms with Crippen molar-refractivity contribution in [1.29, 1.82) is 0 Å². The van der Waals surface area contributed by atoms with E-state index in [1.54, 1.807) is 13.0 Å². The van der Waals surface area contributed by atoms with Crippen LogP contribution in [0.1, 0.15) is 16.2 Å². The molecule has 1 N–H and O–H groups in total. The van der Waals surface area contributed by atoms with Crippen LogP contribution in [0.15, 0.2) is 30.3 Å². The van der Waals surface area contributed by atoms with E-state index in [0.717, 1.165) is 4.68 Å². The van der Waals surface area contributed by atoms with Crippen LogP contribution in [0.5, 0.6) is 0 Å². The Morgan fingerprint density at radius 2 is 2.12 bits per heavy atom. The second-order valence-corrected chi connectivity index (χ2v) is 3.34. The zero-order valence-corrected chi connectivity index (χ0v) is 8.51. The Kier molecular flexibility index (Phi) is 2.44. The molecule has 0 bridgehead atoms. The fraction of sp³-hybridized carbons (Fsp3) is 0.0909. The predicted octanol–water partition coefficient (Wildman–Crippen LogP) is 2.02. The molecule has 82 valence electrons. The van der Waals surface area contributed by atoms with Crippen LogP contribution in [0.25, 0.3) is 5.69 Å². The Labute approximate surface area is 90.9 Å². The second-order valence-electron chi connectivity index (χ2n) is 3.34. The van der Waals surface area contributed by atoms with E-state index >= 15 is 0 Å². The Hall–Kier alpha value is -2.17. The van der Waals surface area contributed by atoms with Gasteiger partial charge in [0.1, 0.15) is 11.5 Å². The molecule has 0 amide bonds. The number of carboxylic acids is 1. The third-order valence-electron chi connectivity index (χ3n) is 2.13. The van der Waals surface area contributed by atoms with Crippen LogP contribution in [-0.4, -0.2) is 20.9 Å². The largest absolute Gasteiger partial charge is 0.477 e. The molecule has 1 aromatic carbocycles. The molecule has 0 fully saturated rings. The van der Waals surface area contributed by atoms with Crippen LogP contribution >= 0.6 is 0 Å². The summed E-state index contributed by atoms with van der Waals surface area (Å²) in [5, 5.41) is 12.9. The number of carboxylic acid groups (broad SMARTS) is 1. The summed E-state index contributed by atoms with van der Waals surface area (Å²) in [6, 6.07) is 7.30. The number of carbonyl (C=O) groups is 1. The van der Waals surface area contributed by atoms with Gasteiger partial charge in [0.15, 0.2) is 5.69 Å². The first-order valence-electron chi connectivity index (χ1n) is 4.64. The van der Waals surface area contributed by atoms with E-state index in [0.29, 0.717) is 5.69 Å². The maximum Gasteiger partial charge on any atom is 0.354 e. The summed E-state index contributed by atoms with van der Waals surface area (Å²) in [6.07, 6.45) is 0. The van der Waals surface area contributed by atoms with Gasteiger partial charge in [-0.3, -0.25) is 0 Å². The Morgan fingerprint density at radius 3 is 2.75 bits per heavy atom. The molecule has 0 radical (unpaired) electrons. The summed E-state index contributed by atoms with van der Waals surface area (Å²) < 4.78 is 14.6. The van der Waals surface area contributed by atoms with Gasteiger partial charge in [0.25, 0.3) is 0 Å². The molecule has 0 unspecified atom stereocenters. The quantitative estimate of drug-likeness (QED) is 0.842. The highest BCUT2D eigenvalue weighted by molar-refractivity contribution is 5.86. The van der Waals surface area contributed by atoms with Crippen molar-refractivity contribution in [3.05, 3.63) is 47.5 Å². The van der Waals surface area contributed by atoms with Crippen molar-refractivity contribution in [3.8, 4) is 5.69 Å². The Morgan fingerprint density at radius 1 is 1.44 bits per heavy atom. The van der Waals surface area contributed by atoms with Gasteiger partial charge in [0, 0.05) is 0 Å². The maximum absolute atomic E-state index is 13.5. The second kappa shape index (κ2) is 3.77. The lowest BCUT2D eigenvalue weighted by atomic mass is 10.3. The molecule has 0 aliphatic rings. The van der Waals surface area contributed by atoms with Crippen LogP contribution < -0.4 is 0 Å². The molecule has 0 saturated heterocycles. The van der Waals surface area contributed by atoms with Crippen molar-refractivity contribution in [2.45, 2.75) is 6.92 Å². The van der Waals surface area contributed by atoms with Crippen molar-refractivity contribution in [3.63, 3.8) is 0 Å². The maximum atomic E-state index is 13.5. The van der Waals surface area contributed by atoms with Gasteiger partial charge in [-0.15, -0.1) is 0 Å².